The van der Waals surface area contributed by atoms with Gasteiger partial charge in [0.15, 0.2) is 0 Å². The molecule has 0 fully saturated rings. The Hall–Kier alpha value is -2.68. The number of ether oxygens (including phenoxy) is 1. The minimum absolute atomic E-state index is 0.126. The molecule has 29 heavy (non-hydrogen) atoms. The summed E-state index contributed by atoms with van der Waals surface area (Å²) in [5, 5.41) is 1.89. The van der Waals surface area contributed by atoms with Crippen LogP contribution in [0.2, 0.25) is 0 Å². The van der Waals surface area contributed by atoms with Crippen molar-refractivity contribution in [2.75, 3.05) is 20.2 Å². The molecule has 3 rings (SSSR count). The molecule has 0 unspecified atom stereocenters. The molecule has 1 amide bonds. The Morgan fingerprint density at radius 2 is 1.76 bits per heavy atom. The number of nitrogens with zero attached hydrogens (tertiary/aromatic N) is 1. The molecule has 0 spiro atoms. The van der Waals surface area contributed by atoms with Gasteiger partial charge < -0.3 is 9.64 Å². The van der Waals surface area contributed by atoms with Crippen LogP contribution in [0.15, 0.2) is 77.0 Å². The van der Waals surface area contributed by atoms with Crippen LogP contribution in [-0.4, -0.2) is 39.4 Å². The smallest absolute Gasteiger partial charge is 0.253 e. The van der Waals surface area contributed by atoms with E-state index in [1.165, 1.54) is 35.6 Å². The molecular weight excluding hydrogens is 408 g/mol. The van der Waals surface area contributed by atoms with Gasteiger partial charge in [-0.1, -0.05) is 24.3 Å². The first-order valence-electron chi connectivity index (χ1n) is 9.01. The molecule has 1 N–H and O–H groups in total. The molecule has 0 bridgehead atoms. The maximum atomic E-state index is 12.5. The summed E-state index contributed by atoms with van der Waals surface area (Å²) >= 11 is 1.49. The number of carbonyl (C=O) groups excluding carboxylic acids is 1. The van der Waals surface area contributed by atoms with Gasteiger partial charge in [-0.25, -0.2) is 13.1 Å². The van der Waals surface area contributed by atoms with Crippen molar-refractivity contribution in [3.05, 3.63) is 82.6 Å². The first-order valence-corrected chi connectivity index (χ1v) is 11.4. The number of benzene rings is 2. The van der Waals surface area contributed by atoms with Crippen molar-refractivity contribution in [2.45, 2.75) is 11.4 Å². The van der Waals surface area contributed by atoms with Crippen molar-refractivity contribution in [1.82, 2.24) is 9.62 Å². The summed E-state index contributed by atoms with van der Waals surface area (Å²) in [6, 6.07) is 19.1. The number of amides is 1. The highest BCUT2D eigenvalue weighted by Crippen LogP contribution is 2.14. The van der Waals surface area contributed by atoms with E-state index in [9.17, 15) is 13.2 Å². The van der Waals surface area contributed by atoms with E-state index in [0.29, 0.717) is 18.7 Å². The van der Waals surface area contributed by atoms with Gasteiger partial charge in [-0.2, -0.15) is 0 Å². The molecule has 0 saturated heterocycles. The third kappa shape index (κ3) is 5.90. The maximum Gasteiger partial charge on any atom is 0.253 e. The third-order valence-corrected chi connectivity index (χ3v) is 6.51. The summed E-state index contributed by atoms with van der Waals surface area (Å²) in [5.41, 5.74) is 0.421. The number of carbonyl (C=O) groups is 1. The van der Waals surface area contributed by atoms with E-state index in [1.54, 1.807) is 11.9 Å². The lowest BCUT2D eigenvalue weighted by Gasteiger charge is -2.18. The lowest BCUT2D eigenvalue weighted by Crippen LogP contribution is -2.31. The molecule has 0 aliphatic heterocycles. The van der Waals surface area contributed by atoms with Crippen LogP contribution < -0.4 is 9.46 Å². The van der Waals surface area contributed by atoms with Gasteiger partial charge in [0.2, 0.25) is 10.0 Å². The Morgan fingerprint density at radius 3 is 2.41 bits per heavy atom. The van der Waals surface area contributed by atoms with Crippen molar-refractivity contribution in [3.8, 4) is 5.75 Å². The molecule has 3 aromatic rings. The summed E-state index contributed by atoms with van der Waals surface area (Å²) in [6.45, 7) is 1.02. The highest BCUT2D eigenvalue weighted by atomic mass is 32.2. The Bertz CT molecular complexity index is 1020. The van der Waals surface area contributed by atoms with Gasteiger partial charge in [0.25, 0.3) is 5.91 Å². The van der Waals surface area contributed by atoms with Crippen LogP contribution in [0.25, 0.3) is 0 Å². The van der Waals surface area contributed by atoms with Gasteiger partial charge in [-0.3, -0.25) is 4.79 Å². The number of hydrogen-bond donors (Lipinski definition) is 1. The molecule has 0 saturated carbocycles. The van der Waals surface area contributed by atoms with Gasteiger partial charge in [0.05, 0.1) is 11.4 Å². The van der Waals surface area contributed by atoms with E-state index in [2.05, 4.69) is 4.72 Å². The predicted octanol–water partition coefficient (Wildman–Crippen LogP) is 3.38. The largest absolute Gasteiger partial charge is 0.492 e. The fourth-order valence-electron chi connectivity index (χ4n) is 2.58. The topological polar surface area (TPSA) is 75.7 Å². The number of rotatable bonds is 9. The summed E-state index contributed by atoms with van der Waals surface area (Å²) < 4.78 is 33.0. The number of sulfonamides is 1. The van der Waals surface area contributed by atoms with Gasteiger partial charge in [-0.05, 0) is 47.8 Å². The molecule has 0 aliphatic rings. The SMILES string of the molecule is CN(CCOc1ccccc1)C(=O)c1ccc(S(=O)(=O)NCc2cccs2)cc1. The monoisotopic (exact) mass is 430 g/mol. The Labute approximate surface area is 174 Å². The number of thiophene rings is 1. The van der Waals surface area contributed by atoms with Gasteiger partial charge in [-0.15, -0.1) is 11.3 Å². The molecule has 1 aromatic heterocycles. The molecule has 8 heteroatoms. The lowest BCUT2D eigenvalue weighted by atomic mass is 10.2. The summed E-state index contributed by atoms with van der Waals surface area (Å²) in [6.07, 6.45) is 0. The lowest BCUT2D eigenvalue weighted by molar-refractivity contribution is 0.0773. The minimum atomic E-state index is -3.63. The van der Waals surface area contributed by atoms with Gasteiger partial charge in [0, 0.05) is 24.0 Å². The average molecular weight is 431 g/mol. The minimum Gasteiger partial charge on any atom is -0.492 e. The summed E-state index contributed by atoms with van der Waals surface area (Å²) in [5.74, 6) is 0.551. The van der Waals surface area contributed by atoms with Crippen molar-refractivity contribution >= 4 is 27.3 Å². The number of likely N-dealkylation sites (N-methyl/N-ethyl adjacent to an activating group) is 1. The molecule has 152 valence electrons. The number of hydrogen-bond acceptors (Lipinski definition) is 5. The number of nitrogens with one attached hydrogen (secondary N) is 1. The van der Waals surface area contributed by atoms with E-state index in [4.69, 9.17) is 4.74 Å². The second kappa shape index (κ2) is 9.69. The van der Waals surface area contributed by atoms with E-state index < -0.39 is 10.0 Å². The highest BCUT2D eigenvalue weighted by molar-refractivity contribution is 7.89. The van der Waals surface area contributed by atoms with E-state index in [1.807, 2.05) is 47.8 Å². The fourth-order valence-corrected chi connectivity index (χ4v) is 4.32. The van der Waals surface area contributed by atoms with Gasteiger partial charge in [0.1, 0.15) is 12.4 Å². The standard InChI is InChI=1S/C21H22N2O4S2/c1-23(13-14-27-18-6-3-2-4-7-18)21(24)17-9-11-20(12-10-17)29(25,26)22-16-19-8-5-15-28-19/h2-12,15,22H,13-14,16H2,1H3. The van der Waals surface area contributed by atoms with Crippen molar-refractivity contribution in [1.29, 1.82) is 0 Å². The van der Waals surface area contributed by atoms with Crippen molar-refractivity contribution in [3.63, 3.8) is 0 Å². The molecule has 6 nitrogen and oxygen atoms in total. The van der Waals surface area contributed by atoms with E-state index in [0.717, 1.165) is 10.6 Å². The Kier molecular flexibility index (Phi) is 7.03. The zero-order chi connectivity index (χ0) is 20.7. The van der Waals surface area contributed by atoms with E-state index in [-0.39, 0.29) is 17.3 Å². The summed E-state index contributed by atoms with van der Waals surface area (Å²) in [4.78, 5) is 15.1. The second-order valence-electron chi connectivity index (χ2n) is 6.32. The molecule has 0 atom stereocenters. The highest BCUT2D eigenvalue weighted by Gasteiger charge is 2.16. The number of para-hydroxylation sites is 1. The Morgan fingerprint density at radius 1 is 1.03 bits per heavy atom. The Balaban J connectivity index is 1.54. The van der Waals surface area contributed by atoms with Crippen LogP contribution >= 0.6 is 11.3 Å². The van der Waals surface area contributed by atoms with Crippen LogP contribution in [0.4, 0.5) is 0 Å². The van der Waals surface area contributed by atoms with Crippen molar-refractivity contribution < 1.29 is 17.9 Å². The van der Waals surface area contributed by atoms with E-state index >= 15 is 0 Å². The molecule has 0 radical (unpaired) electrons. The third-order valence-electron chi connectivity index (χ3n) is 4.21. The van der Waals surface area contributed by atoms with Crippen LogP contribution in [0.1, 0.15) is 15.2 Å². The average Bonchev–Trinajstić information content (AvgIpc) is 3.26. The predicted molar refractivity (Wildman–Crippen MR) is 114 cm³/mol. The first kappa shape index (κ1) is 21.0. The molecule has 1 heterocycles. The normalized spacial score (nSPS) is 11.2. The van der Waals surface area contributed by atoms with Crippen LogP contribution in [0, 0.1) is 0 Å². The maximum absolute atomic E-state index is 12.5. The van der Waals surface area contributed by atoms with Crippen LogP contribution in [-0.2, 0) is 16.6 Å². The molecule has 0 aliphatic carbocycles. The second-order valence-corrected chi connectivity index (χ2v) is 9.12. The van der Waals surface area contributed by atoms with Crippen LogP contribution in [0.5, 0.6) is 5.75 Å². The first-order chi connectivity index (χ1) is 14.0. The quantitative estimate of drug-likeness (QED) is 0.565. The zero-order valence-electron chi connectivity index (χ0n) is 15.9. The van der Waals surface area contributed by atoms with Crippen molar-refractivity contribution in [2.24, 2.45) is 0 Å². The zero-order valence-corrected chi connectivity index (χ0v) is 17.6. The fraction of sp³-hybridized carbons (Fsp3) is 0.190. The van der Waals surface area contributed by atoms with Gasteiger partial charge >= 0.3 is 0 Å². The van der Waals surface area contributed by atoms with Crippen LogP contribution in [0.3, 0.4) is 0 Å². The molecule has 2 aromatic carbocycles. The summed E-state index contributed by atoms with van der Waals surface area (Å²) in [7, 11) is -1.95. The molecular formula is C21H22N2O4S2.